The minimum Gasteiger partial charge on any atom is -0.309 e. The smallest absolute Gasteiger partial charge is 0.0644 e. The van der Waals surface area contributed by atoms with Gasteiger partial charge in [0, 0.05) is 36.6 Å². The lowest BCUT2D eigenvalue weighted by Gasteiger charge is -2.14. The van der Waals surface area contributed by atoms with E-state index in [2.05, 4.69) is 37.1 Å². The summed E-state index contributed by atoms with van der Waals surface area (Å²) in [5.74, 6) is 4.47. The predicted octanol–water partition coefficient (Wildman–Crippen LogP) is 2.05. The molecule has 0 bridgehead atoms. The Kier molecular flexibility index (Phi) is 5.60. The Balaban J connectivity index is 2.47. The van der Waals surface area contributed by atoms with E-state index < -0.39 is 0 Å². The number of aryl methyl sites for hydroxylation is 2. The fourth-order valence-electron chi connectivity index (χ4n) is 2.00. The summed E-state index contributed by atoms with van der Waals surface area (Å²) in [5.41, 5.74) is 3.66. The number of aromatic nitrogens is 2. The average molecular weight is 251 g/mol. The molecule has 3 nitrogen and oxygen atoms in total. The summed E-state index contributed by atoms with van der Waals surface area (Å²) in [6.07, 6.45) is 5.20. The quantitative estimate of drug-likeness (QED) is 0.620. The van der Waals surface area contributed by atoms with Crippen molar-refractivity contribution in [1.82, 2.24) is 15.1 Å². The summed E-state index contributed by atoms with van der Waals surface area (Å²) in [5, 5.41) is 7.94. The summed E-state index contributed by atoms with van der Waals surface area (Å²) in [4.78, 5) is 0. The topological polar surface area (TPSA) is 29.9 Å². The molecule has 0 radical (unpaired) electrons. The van der Waals surface area contributed by atoms with Gasteiger partial charge in [0.25, 0.3) is 0 Å². The Hall–Kier alpha value is -0.920. The maximum absolute atomic E-state index is 5.20. The first kappa shape index (κ1) is 14.1. The van der Waals surface area contributed by atoms with Gasteiger partial charge in [-0.2, -0.15) is 5.10 Å². The first-order valence-corrected chi connectivity index (χ1v) is 6.98. The molecule has 1 atom stereocenters. The molecule has 1 aromatic rings. The maximum Gasteiger partial charge on any atom is 0.0644 e. The zero-order valence-electron chi connectivity index (χ0n) is 11.1. The molecular formula is C13H21N3S. The molecule has 0 fully saturated rings. The van der Waals surface area contributed by atoms with Crippen LogP contribution in [0.2, 0.25) is 0 Å². The lowest BCUT2D eigenvalue weighted by atomic mass is 10.1. The van der Waals surface area contributed by atoms with Gasteiger partial charge in [0.2, 0.25) is 0 Å². The summed E-state index contributed by atoms with van der Waals surface area (Å²) in [6.45, 7) is 7.33. The van der Waals surface area contributed by atoms with Crippen molar-refractivity contribution in [3.63, 3.8) is 0 Å². The van der Waals surface area contributed by atoms with E-state index in [9.17, 15) is 0 Å². The van der Waals surface area contributed by atoms with Gasteiger partial charge in [0.1, 0.15) is 0 Å². The fourth-order valence-corrected chi connectivity index (χ4v) is 2.52. The van der Waals surface area contributed by atoms with Crippen molar-refractivity contribution in [2.75, 3.05) is 18.1 Å². The second kappa shape index (κ2) is 6.73. The van der Waals surface area contributed by atoms with Crippen molar-refractivity contribution < 1.29 is 0 Å². The molecule has 0 saturated heterocycles. The molecule has 0 aromatic carbocycles. The number of hydrogen-bond donors (Lipinski definition) is 1. The van der Waals surface area contributed by atoms with E-state index in [4.69, 9.17) is 6.42 Å². The van der Waals surface area contributed by atoms with Crippen molar-refractivity contribution in [1.29, 1.82) is 0 Å². The van der Waals surface area contributed by atoms with Crippen molar-refractivity contribution in [2.24, 2.45) is 7.05 Å². The van der Waals surface area contributed by atoms with Gasteiger partial charge in [-0.15, -0.1) is 18.2 Å². The van der Waals surface area contributed by atoms with Gasteiger partial charge in [-0.3, -0.25) is 4.68 Å². The minimum absolute atomic E-state index is 0.343. The van der Waals surface area contributed by atoms with Gasteiger partial charge in [0.05, 0.1) is 11.4 Å². The average Bonchev–Trinajstić information content (AvgIpc) is 2.53. The van der Waals surface area contributed by atoms with Crippen molar-refractivity contribution >= 4 is 11.8 Å². The summed E-state index contributed by atoms with van der Waals surface area (Å²) in [7, 11) is 1.99. The highest BCUT2D eigenvalue weighted by Gasteiger charge is 2.15. The molecular weight excluding hydrogens is 230 g/mol. The largest absolute Gasteiger partial charge is 0.309 e. The van der Waals surface area contributed by atoms with Crippen molar-refractivity contribution in [3.05, 3.63) is 17.0 Å². The van der Waals surface area contributed by atoms with Gasteiger partial charge in [0.15, 0.2) is 0 Å². The number of rotatable bonds is 6. The minimum atomic E-state index is 0.343. The number of terminal acetylenes is 1. The van der Waals surface area contributed by atoms with E-state index in [0.29, 0.717) is 6.04 Å². The molecule has 1 rings (SSSR count). The van der Waals surface area contributed by atoms with E-state index in [0.717, 1.165) is 23.7 Å². The molecule has 17 heavy (non-hydrogen) atoms. The van der Waals surface area contributed by atoms with Crippen LogP contribution < -0.4 is 5.32 Å². The molecule has 1 heterocycles. The lowest BCUT2D eigenvalue weighted by Crippen LogP contribution is -2.22. The molecule has 1 N–H and O–H groups in total. The number of nitrogens with zero attached hydrogens (tertiary/aromatic N) is 2. The number of nitrogens with one attached hydrogen (secondary N) is 1. The summed E-state index contributed by atoms with van der Waals surface area (Å²) < 4.78 is 1.94. The molecule has 94 valence electrons. The Morgan fingerprint density at radius 2 is 2.24 bits per heavy atom. The lowest BCUT2D eigenvalue weighted by molar-refractivity contribution is 0.594. The van der Waals surface area contributed by atoms with Crippen LogP contribution in [0, 0.1) is 26.2 Å². The van der Waals surface area contributed by atoms with Crippen LogP contribution in [0.4, 0.5) is 0 Å². The third-order valence-electron chi connectivity index (χ3n) is 2.88. The van der Waals surface area contributed by atoms with Crippen molar-refractivity contribution in [2.45, 2.75) is 26.8 Å². The Morgan fingerprint density at radius 3 is 2.76 bits per heavy atom. The normalized spacial score (nSPS) is 12.4. The van der Waals surface area contributed by atoms with Crippen LogP contribution in [-0.2, 0) is 7.05 Å². The van der Waals surface area contributed by atoms with Crippen LogP contribution in [0.5, 0.6) is 0 Å². The fraction of sp³-hybridized carbons (Fsp3) is 0.615. The standard InChI is InChI=1S/C13H21N3S/c1-6-8-17-9-7-14-10(2)13-11(3)15-16(5)12(13)4/h1,10,14H,7-9H2,2-5H3. The Labute approximate surface area is 108 Å². The molecule has 0 aliphatic heterocycles. The van der Waals surface area contributed by atoms with Gasteiger partial charge in [-0.1, -0.05) is 5.92 Å². The Morgan fingerprint density at radius 1 is 1.53 bits per heavy atom. The second-order valence-corrected chi connectivity index (χ2v) is 5.25. The third kappa shape index (κ3) is 3.79. The first-order chi connectivity index (χ1) is 8.07. The van der Waals surface area contributed by atoms with Crippen LogP contribution in [0.25, 0.3) is 0 Å². The van der Waals surface area contributed by atoms with Crippen LogP contribution >= 0.6 is 11.8 Å². The van der Waals surface area contributed by atoms with E-state index in [1.165, 1.54) is 11.3 Å². The monoisotopic (exact) mass is 251 g/mol. The van der Waals surface area contributed by atoms with Crippen LogP contribution in [0.15, 0.2) is 0 Å². The third-order valence-corrected chi connectivity index (χ3v) is 3.74. The molecule has 1 aromatic heterocycles. The highest BCUT2D eigenvalue weighted by molar-refractivity contribution is 7.99. The summed E-state index contributed by atoms with van der Waals surface area (Å²) in [6, 6.07) is 0.343. The van der Waals surface area contributed by atoms with Crippen LogP contribution in [0.1, 0.15) is 29.9 Å². The second-order valence-electron chi connectivity index (χ2n) is 4.14. The maximum atomic E-state index is 5.20. The zero-order chi connectivity index (χ0) is 12.8. The summed E-state index contributed by atoms with van der Waals surface area (Å²) >= 11 is 1.78. The highest BCUT2D eigenvalue weighted by atomic mass is 32.2. The van der Waals surface area contributed by atoms with E-state index in [1.54, 1.807) is 11.8 Å². The van der Waals surface area contributed by atoms with E-state index in [1.807, 2.05) is 11.7 Å². The molecule has 0 spiro atoms. The molecule has 0 saturated carbocycles. The molecule has 4 heteroatoms. The zero-order valence-corrected chi connectivity index (χ0v) is 11.9. The Bertz CT molecular complexity index is 404. The van der Waals surface area contributed by atoms with Gasteiger partial charge in [-0.05, 0) is 20.8 Å². The van der Waals surface area contributed by atoms with E-state index in [-0.39, 0.29) is 0 Å². The van der Waals surface area contributed by atoms with Crippen LogP contribution in [0.3, 0.4) is 0 Å². The van der Waals surface area contributed by atoms with Crippen molar-refractivity contribution in [3.8, 4) is 12.3 Å². The van der Waals surface area contributed by atoms with E-state index >= 15 is 0 Å². The molecule has 1 unspecified atom stereocenters. The number of thioether (sulfide) groups is 1. The van der Waals surface area contributed by atoms with Gasteiger partial charge in [-0.25, -0.2) is 0 Å². The molecule has 0 amide bonds. The van der Waals surface area contributed by atoms with Gasteiger partial charge >= 0.3 is 0 Å². The highest BCUT2D eigenvalue weighted by Crippen LogP contribution is 2.20. The molecule has 0 aliphatic rings. The van der Waals surface area contributed by atoms with Crippen LogP contribution in [-0.4, -0.2) is 27.8 Å². The molecule has 0 aliphatic carbocycles. The first-order valence-electron chi connectivity index (χ1n) is 5.82. The predicted molar refractivity (Wildman–Crippen MR) is 75.3 cm³/mol. The van der Waals surface area contributed by atoms with Gasteiger partial charge < -0.3 is 5.32 Å². The number of hydrogen-bond acceptors (Lipinski definition) is 3. The SMILES string of the molecule is C#CCSCCNC(C)c1c(C)nn(C)c1C.